The van der Waals surface area contributed by atoms with E-state index in [2.05, 4.69) is 4.99 Å². The SMILES string of the molecule is CN(C)c1ccc(C(=O)CN=CCCOCc2ccccc2)cc1. The van der Waals surface area contributed by atoms with Gasteiger partial charge in [-0.25, -0.2) is 0 Å². The van der Waals surface area contributed by atoms with Gasteiger partial charge < -0.3 is 9.64 Å². The summed E-state index contributed by atoms with van der Waals surface area (Å²) in [5, 5.41) is 0. The third-order valence-corrected chi connectivity index (χ3v) is 3.57. The lowest BCUT2D eigenvalue weighted by Crippen LogP contribution is -2.09. The number of benzene rings is 2. The molecule has 0 unspecified atom stereocenters. The number of anilines is 1. The van der Waals surface area contributed by atoms with Crippen LogP contribution in [-0.2, 0) is 11.3 Å². The Morgan fingerprint density at radius 3 is 2.46 bits per heavy atom. The molecular formula is C20H24N2O2. The first-order valence-corrected chi connectivity index (χ1v) is 8.07. The van der Waals surface area contributed by atoms with E-state index < -0.39 is 0 Å². The molecule has 0 atom stereocenters. The maximum absolute atomic E-state index is 12.0. The highest BCUT2D eigenvalue weighted by Gasteiger charge is 2.04. The second-order valence-corrected chi connectivity index (χ2v) is 5.71. The van der Waals surface area contributed by atoms with Crippen LogP contribution in [0.2, 0.25) is 0 Å². The molecule has 0 aliphatic carbocycles. The van der Waals surface area contributed by atoms with Gasteiger partial charge in [-0.15, -0.1) is 0 Å². The number of nitrogens with zero attached hydrogens (tertiary/aromatic N) is 2. The fraction of sp³-hybridized carbons (Fsp3) is 0.300. The lowest BCUT2D eigenvalue weighted by atomic mass is 10.1. The van der Waals surface area contributed by atoms with Crippen LogP contribution in [-0.4, -0.2) is 39.2 Å². The second-order valence-electron chi connectivity index (χ2n) is 5.71. The second kappa shape index (κ2) is 9.63. The van der Waals surface area contributed by atoms with Crippen LogP contribution in [0.1, 0.15) is 22.3 Å². The molecule has 0 saturated carbocycles. The number of ketones is 1. The summed E-state index contributed by atoms with van der Waals surface area (Å²) in [6, 6.07) is 17.6. The van der Waals surface area contributed by atoms with Crippen molar-refractivity contribution in [2.75, 3.05) is 32.1 Å². The van der Waals surface area contributed by atoms with Gasteiger partial charge in [-0.05, 0) is 29.8 Å². The number of Topliss-reactive ketones (excluding diaryl/α,β-unsaturated/α-hetero) is 1. The first kappa shape index (κ1) is 17.9. The molecule has 4 nitrogen and oxygen atoms in total. The molecule has 0 aromatic heterocycles. The summed E-state index contributed by atoms with van der Waals surface area (Å²) in [6.45, 7) is 1.38. The molecule has 0 fully saturated rings. The summed E-state index contributed by atoms with van der Waals surface area (Å²) in [7, 11) is 3.95. The standard InChI is InChI=1S/C20H24N2O2/c1-22(2)19-11-9-18(10-12-19)20(23)15-21-13-6-14-24-16-17-7-4-3-5-8-17/h3-5,7-13H,6,14-16H2,1-2H3. The number of ether oxygens (including phenoxy) is 1. The lowest BCUT2D eigenvalue weighted by Gasteiger charge is -2.12. The number of hydrogen-bond donors (Lipinski definition) is 0. The van der Waals surface area contributed by atoms with Crippen molar-refractivity contribution >= 4 is 17.7 Å². The maximum atomic E-state index is 12.0. The quantitative estimate of drug-likeness (QED) is 0.402. The van der Waals surface area contributed by atoms with Gasteiger partial charge in [0.05, 0.1) is 13.2 Å². The van der Waals surface area contributed by atoms with Crippen LogP contribution in [0.15, 0.2) is 59.6 Å². The minimum atomic E-state index is 0.0294. The van der Waals surface area contributed by atoms with Crippen molar-refractivity contribution in [3.63, 3.8) is 0 Å². The Morgan fingerprint density at radius 2 is 1.79 bits per heavy atom. The summed E-state index contributed by atoms with van der Waals surface area (Å²) in [5.41, 5.74) is 2.93. The summed E-state index contributed by atoms with van der Waals surface area (Å²) in [5.74, 6) is 0.0294. The number of carbonyl (C=O) groups is 1. The Bertz CT molecular complexity index is 649. The molecule has 0 amide bonds. The van der Waals surface area contributed by atoms with E-state index in [1.807, 2.05) is 73.6 Å². The normalized spacial score (nSPS) is 10.9. The van der Waals surface area contributed by atoms with Crippen molar-refractivity contribution in [2.24, 2.45) is 4.99 Å². The Hall–Kier alpha value is -2.46. The average Bonchev–Trinajstić information content (AvgIpc) is 2.61. The molecular weight excluding hydrogens is 300 g/mol. The van der Waals surface area contributed by atoms with E-state index in [1.165, 1.54) is 0 Å². The molecule has 0 aliphatic heterocycles. The van der Waals surface area contributed by atoms with Gasteiger partial charge >= 0.3 is 0 Å². The zero-order valence-electron chi connectivity index (χ0n) is 14.3. The van der Waals surface area contributed by atoms with Crippen LogP contribution >= 0.6 is 0 Å². The highest BCUT2D eigenvalue weighted by atomic mass is 16.5. The number of rotatable bonds is 9. The summed E-state index contributed by atoms with van der Waals surface area (Å²) in [4.78, 5) is 18.2. The van der Waals surface area contributed by atoms with Crippen molar-refractivity contribution < 1.29 is 9.53 Å². The maximum Gasteiger partial charge on any atom is 0.184 e. The van der Waals surface area contributed by atoms with Crippen molar-refractivity contribution in [3.8, 4) is 0 Å². The highest BCUT2D eigenvalue weighted by molar-refractivity contribution is 5.98. The predicted molar refractivity (Wildman–Crippen MR) is 99.2 cm³/mol. The monoisotopic (exact) mass is 324 g/mol. The van der Waals surface area contributed by atoms with E-state index in [1.54, 1.807) is 6.21 Å². The van der Waals surface area contributed by atoms with E-state index in [4.69, 9.17) is 4.74 Å². The van der Waals surface area contributed by atoms with Crippen LogP contribution < -0.4 is 4.90 Å². The third-order valence-electron chi connectivity index (χ3n) is 3.57. The minimum Gasteiger partial charge on any atom is -0.378 e. The molecule has 2 rings (SSSR count). The fourth-order valence-corrected chi connectivity index (χ4v) is 2.18. The fourth-order valence-electron chi connectivity index (χ4n) is 2.18. The highest BCUT2D eigenvalue weighted by Crippen LogP contribution is 2.12. The van der Waals surface area contributed by atoms with Gasteiger partial charge in [-0.1, -0.05) is 30.3 Å². The number of aliphatic imine (C=N–C) groups is 1. The molecule has 0 radical (unpaired) electrons. The van der Waals surface area contributed by atoms with E-state index in [0.717, 1.165) is 11.3 Å². The first-order chi connectivity index (χ1) is 11.7. The molecule has 2 aromatic carbocycles. The summed E-state index contributed by atoms with van der Waals surface area (Å²) in [6.07, 6.45) is 2.47. The summed E-state index contributed by atoms with van der Waals surface area (Å²) < 4.78 is 5.57. The molecule has 0 saturated heterocycles. The van der Waals surface area contributed by atoms with Gasteiger partial charge in [0.25, 0.3) is 0 Å². The Kier molecular flexibility index (Phi) is 7.18. The molecule has 0 aliphatic rings. The Balaban J connectivity index is 1.65. The average molecular weight is 324 g/mol. The Morgan fingerprint density at radius 1 is 1.08 bits per heavy atom. The van der Waals surface area contributed by atoms with E-state index in [9.17, 15) is 4.79 Å². The first-order valence-electron chi connectivity index (χ1n) is 8.07. The van der Waals surface area contributed by atoms with E-state index >= 15 is 0 Å². The van der Waals surface area contributed by atoms with Gasteiger partial charge in [0, 0.05) is 38.0 Å². The molecule has 4 heteroatoms. The van der Waals surface area contributed by atoms with Gasteiger partial charge in [0.1, 0.15) is 6.54 Å². The molecule has 0 bridgehead atoms. The van der Waals surface area contributed by atoms with Crippen molar-refractivity contribution in [1.82, 2.24) is 0 Å². The topological polar surface area (TPSA) is 41.9 Å². The van der Waals surface area contributed by atoms with Crippen molar-refractivity contribution in [1.29, 1.82) is 0 Å². The number of hydrogen-bond acceptors (Lipinski definition) is 4. The van der Waals surface area contributed by atoms with Gasteiger partial charge in [-0.3, -0.25) is 9.79 Å². The molecule has 0 spiro atoms. The summed E-state index contributed by atoms with van der Waals surface area (Å²) >= 11 is 0. The molecule has 126 valence electrons. The molecule has 0 N–H and O–H groups in total. The van der Waals surface area contributed by atoms with Crippen molar-refractivity contribution in [3.05, 3.63) is 65.7 Å². The lowest BCUT2D eigenvalue weighted by molar-refractivity contribution is 0.100. The van der Waals surface area contributed by atoms with E-state index in [-0.39, 0.29) is 12.3 Å². The van der Waals surface area contributed by atoms with Crippen LogP contribution in [0.4, 0.5) is 5.69 Å². The van der Waals surface area contributed by atoms with Crippen LogP contribution in [0.5, 0.6) is 0 Å². The largest absolute Gasteiger partial charge is 0.378 e. The number of carbonyl (C=O) groups excluding carboxylic acids is 1. The van der Waals surface area contributed by atoms with Crippen LogP contribution in [0.25, 0.3) is 0 Å². The molecule has 2 aromatic rings. The van der Waals surface area contributed by atoms with Crippen LogP contribution in [0.3, 0.4) is 0 Å². The zero-order valence-corrected chi connectivity index (χ0v) is 14.3. The zero-order chi connectivity index (χ0) is 17.2. The molecule has 24 heavy (non-hydrogen) atoms. The third kappa shape index (κ3) is 5.97. The minimum absolute atomic E-state index is 0.0294. The predicted octanol–water partition coefficient (Wildman–Crippen LogP) is 3.61. The van der Waals surface area contributed by atoms with Crippen molar-refractivity contribution in [2.45, 2.75) is 13.0 Å². The smallest absolute Gasteiger partial charge is 0.184 e. The van der Waals surface area contributed by atoms with Gasteiger partial charge in [-0.2, -0.15) is 0 Å². The van der Waals surface area contributed by atoms with Crippen LogP contribution in [0, 0.1) is 0 Å². The van der Waals surface area contributed by atoms with Gasteiger partial charge in [0.2, 0.25) is 0 Å². The van der Waals surface area contributed by atoms with E-state index in [0.29, 0.717) is 25.2 Å². The molecule has 0 heterocycles. The Labute approximate surface area is 143 Å². The van der Waals surface area contributed by atoms with Gasteiger partial charge in [0.15, 0.2) is 5.78 Å².